The number of halogens is 1. The van der Waals surface area contributed by atoms with Crippen molar-refractivity contribution in [2.75, 3.05) is 0 Å². The second kappa shape index (κ2) is 3.28. The number of fused-ring (bicyclic) bond motifs is 1. The van der Waals surface area contributed by atoms with Crippen LogP contribution >= 0.6 is 11.6 Å². The van der Waals surface area contributed by atoms with E-state index >= 15 is 0 Å². The second-order valence-corrected chi connectivity index (χ2v) is 4.25. The van der Waals surface area contributed by atoms with E-state index in [-0.39, 0.29) is 0 Å². The molecule has 0 radical (unpaired) electrons. The van der Waals surface area contributed by atoms with Crippen LogP contribution in [-0.2, 0) is 0 Å². The molecule has 0 fully saturated rings. The summed E-state index contributed by atoms with van der Waals surface area (Å²) in [5, 5.41) is 8.60. The number of H-pyrrole nitrogens is 1. The number of benzene rings is 1. The first-order valence-corrected chi connectivity index (χ1v) is 5.12. The zero-order valence-electron chi connectivity index (χ0n) is 8.56. The lowest BCUT2D eigenvalue weighted by Crippen LogP contribution is -1.92. The molecule has 3 heteroatoms. The molecule has 74 valence electrons. The quantitative estimate of drug-likeness (QED) is 0.762. The lowest BCUT2D eigenvalue weighted by molar-refractivity contribution is 0.867. The number of hydrogen-bond donors (Lipinski definition) is 1. The topological polar surface area (TPSA) is 28.7 Å². The molecule has 0 saturated heterocycles. The van der Waals surface area contributed by atoms with Crippen molar-refractivity contribution < 1.29 is 0 Å². The largest absolute Gasteiger partial charge is 0.276 e. The van der Waals surface area contributed by atoms with E-state index in [9.17, 15) is 0 Å². The van der Waals surface area contributed by atoms with Crippen molar-refractivity contribution in [3.63, 3.8) is 0 Å². The first kappa shape index (κ1) is 9.53. The predicted octanol–water partition coefficient (Wildman–Crippen LogP) is 3.65. The van der Waals surface area contributed by atoms with Crippen LogP contribution in [0.3, 0.4) is 0 Å². The molecule has 1 heterocycles. The van der Waals surface area contributed by atoms with Crippen molar-refractivity contribution in [1.82, 2.24) is 10.2 Å². The van der Waals surface area contributed by atoms with Gasteiger partial charge in [-0.1, -0.05) is 31.5 Å². The molecule has 14 heavy (non-hydrogen) atoms. The zero-order chi connectivity index (χ0) is 10.3. The molecule has 1 aromatic carbocycles. The van der Waals surface area contributed by atoms with Gasteiger partial charge < -0.3 is 0 Å². The summed E-state index contributed by atoms with van der Waals surface area (Å²) in [5.41, 5.74) is 3.58. The number of aromatic nitrogens is 2. The molecule has 0 spiro atoms. The Morgan fingerprint density at radius 2 is 2.07 bits per heavy atom. The van der Waals surface area contributed by atoms with E-state index in [2.05, 4.69) is 37.0 Å². The van der Waals surface area contributed by atoms with Gasteiger partial charge in [0.2, 0.25) is 0 Å². The third-order valence-electron chi connectivity index (χ3n) is 2.52. The van der Waals surface area contributed by atoms with Crippen LogP contribution in [0.4, 0.5) is 0 Å². The molecule has 2 aromatic rings. The lowest BCUT2D eigenvalue weighted by Gasteiger charge is -2.10. The van der Waals surface area contributed by atoms with Gasteiger partial charge in [-0.05, 0) is 30.0 Å². The highest BCUT2D eigenvalue weighted by atomic mass is 35.5. The fourth-order valence-electron chi connectivity index (χ4n) is 1.95. The molecule has 0 amide bonds. The fourth-order valence-corrected chi connectivity index (χ4v) is 2.19. The molecule has 0 aliphatic rings. The lowest BCUT2D eigenvalue weighted by atomic mass is 9.95. The van der Waals surface area contributed by atoms with Gasteiger partial charge in [0, 0.05) is 5.39 Å². The van der Waals surface area contributed by atoms with Crippen molar-refractivity contribution >= 4 is 22.5 Å². The molecular weight excluding hydrogens is 196 g/mol. The van der Waals surface area contributed by atoms with Crippen molar-refractivity contribution in [2.45, 2.75) is 26.7 Å². The Bertz CT molecular complexity index is 471. The highest BCUT2D eigenvalue weighted by Crippen LogP contribution is 2.31. The summed E-state index contributed by atoms with van der Waals surface area (Å²) in [6.07, 6.45) is 0. The van der Waals surface area contributed by atoms with Crippen LogP contribution in [0.5, 0.6) is 0 Å². The zero-order valence-corrected chi connectivity index (χ0v) is 9.31. The molecule has 1 aromatic heterocycles. The number of aryl methyl sites for hydroxylation is 1. The molecule has 0 bridgehead atoms. The van der Waals surface area contributed by atoms with Crippen LogP contribution in [0, 0.1) is 6.92 Å². The summed E-state index contributed by atoms with van der Waals surface area (Å²) < 4.78 is 0. The number of hydrogen-bond acceptors (Lipinski definition) is 1. The third-order valence-corrected chi connectivity index (χ3v) is 2.80. The highest BCUT2D eigenvalue weighted by molar-refractivity contribution is 6.34. The average molecular weight is 209 g/mol. The van der Waals surface area contributed by atoms with Gasteiger partial charge >= 0.3 is 0 Å². The molecule has 0 unspecified atom stereocenters. The van der Waals surface area contributed by atoms with E-state index in [4.69, 9.17) is 11.6 Å². The summed E-state index contributed by atoms with van der Waals surface area (Å²) in [6, 6.07) is 4.13. The van der Waals surface area contributed by atoms with Crippen LogP contribution in [-0.4, -0.2) is 10.2 Å². The summed E-state index contributed by atoms with van der Waals surface area (Å²) >= 11 is 6.05. The minimum atomic E-state index is 0.466. The van der Waals surface area contributed by atoms with Crippen molar-refractivity contribution in [2.24, 2.45) is 0 Å². The van der Waals surface area contributed by atoms with Crippen molar-refractivity contribution in [1.29, 1.82) is 0 Å². The first-order chi connectivity index (χ1) is 6.61. The van der Waals surface area contributed by atoms with Crippen LogP contribution in [0.2, 0.25) is 5.15 Å². The van der Waals surface area contributed by atoms with Gasteiger partial charge in [-0.25, -0.2) is 0 Å². The second-order valence-electron chi connectivity index (χ2n) is 3.89. The SMILES string of the molecule is Cc1ccc2[nH]nc(Cl)c2c1C(C)C. The van der Waals surface area contributed by atoms with Crippen LogP contribution in [0.25, 0.3) is 10.9 Å². The Labute approximate surface area is 88.3 Å². The molecule has 2 rings (SSSR count). The number of nitrogens with one attached hydrogen (secondary N) is 1. The Kier molecular flexibility index (Phi) is 2.23. The highest BCUT2D eigenvalue weighted by Gasteiger charge is 2.13. The maximum atomic E-state index is 6.05. The van der Waals surface area contributed by atoms with Gasteiger partial charge in [-0.15, -0.1) is 0 Å². The van der Waals surface area contributed by atoms with Crippen LogP contribution in [0.15, 0.2) is 12.1 Å². The summed E-state index contributed by atoms with van der Waals surface area (Å²) in [4.78, 5) is 0. The molecule has 0 atom stereocenters. The first-order valence-electron chi connectivity index (χ1n) is 4.74. The maximum Gasteiger partial charge on any atom is 0.158 e. The van der Waals surface area contributed by atoms with Crippen LogP contribution in [0.1, 0.15) is 30.9 Å². The molecule has 0 saturated carbocycles. The van der Waals surface area contributed by atoms with E-state index in [0.717, 1.165) is 10.9 Å². The standard InChI is InChI=1S/C11H13ClN2/c1-6(2)9-7(3)4-5-8-10(9)11(12)14-13-8/h4-6H,1-3H3,(H,13,14). The molecule has 1 N–H and O–H groups in total. The Morgan fingerprint density at radius 3 is 2.71 bits per heavy atom. The fraction of sp³-hybridized carbons (Fsp3) is 0.364. The smallest absolute Gasteiger partial charge is 0.158 e. The number of nitrogens with zero attached hydrogens (tertiary/aromatic N) is 1. The predicted molar refractivity (Wildman–Crippen MR) is 59.9 cm³/mol. The molecule has 0 aliphatic heterocycles. The Morgan fingerprint density at radius 1 is 1.36 bits per heavy atom. The van der Waals surface area contributed by atoms with Gasteiger partial charge in [-0.3, -0.25) is 5.10 Å². The normalized spacial score (nSPS) is 11.5. The number of aromatic amines is 1. The van der Waals surface area contributed by atoms with Crippen molar-refractivity contribution in [3.05, 3.63) is 28.4 Å². The Hall–Kier alpha value is -1.02. The third kappa shape index (κ3) is 1.30. The summed E-state index contributed by atoms with van der Waals surface area (Å²) in [7, 11) is 0. The van der Waals surface area contributed by atoms with E-state index in [1.807, 2.05) is 6.07 Å². The monoisotopic (exact) mass is 208 g/mol. The average Bonchev–Trinajstić information content (AvgIpc) is 2.47. The molecular formula is C11H13ClN2. The van der Waals surface area contributed by atoms with Crippen LogP contribution < -0.4 is 0 Å². The minimum absolute atomic E-state index is 0.466. The Balaban J connectivity index is 2.87. The van der Waals surface area contributed by atoms with Gasteiger partial charge in [0.1, 0.15) is 0 Å². The van der Waals surface area contributed by atoms with Crippen molar-refractivity contribution in [3.8, 4) is 0 Å². The molecule has 2 nitrogen and oxygen atoms in total. The van der Waals surface area contributed by atoms with Gasteiger partial charge in [0.05, 0.1) is 5.52 Å². The summed E-state index contributed by atoms with van der Waals surface area (Å²) in [5.74, 6) is 0.466. The minimum Gasteiger partial charge on any atom is -0.276 e. The summed E-state index contributed by atoms with van der Waals surface area (Å²) in [6.45, 7) is 6.45. The van der Waals surface area contributed by atoms with Gasteiger partial charge in [-0.2, -0.15) is 5.10 Å². The molecule has 0 aliphatic carbocycles. The van der Waals surface area contributed by atoms with E-state index in [1.165, 1.54) is 11.1 Å². The van der Waals surface area contributed by atoms with E-state index < -0.39 is 0 Å². The van der Waals surface area contributed by atoms with E-state index in [1.54, 1.807) is 0 Å². The van der Waals surface area contributed by atoms with Gasteiger partial charge in [0.25, 0.3) is 0 Å². The number of rotatable bonds is 1. The maximum absolute atomic E-state index is 6.05. The van der Waals surface area contributed by atoms with Gasteiger partial charge in [0.15, 0.2) is 5.15 Å². The van der Waals surface area contributed by atoms with E-state index in [0.29, 0.717) is 11.1 Å².